The van der Waals surface area contributed by atoms with Gasteiger partial charge in [-0.3, -0.25) is 4.79 Å². The highest BCUT2D eigenvalue weighted by molar-refractivity contribution is 5.92. The van der Waals surface area contributed by atoms with Gasteiger partial charge in [0, 0.05) is 23.8 Å². The lowest BCUT2D eigenvalue weighted by atomic mass is 9.94. The molecule has 0 aromatic heterocycles. The maximum absolute atomic E-state index is 11.7. The second kappa shape index (κ2) is 7.13. The third kappa shape index (κ3) is 4.41. The number of hydrogen-bond donors (Lipinski definition) is 2. The summed E-state index contributed by atoms with van der Waals surface area (Å²) < 4.78 is 0. The average Bonchev–Trinajstić information content (AvgIpc) is 2.46. The van der Waals surface area contributed by atoms with E-state index in [0.717, 1.165) is 24.3 Å². The Labute approximate surface area is 121 Å². The van der Waals surface area contributed by atoms with Crippen molar-refractivity contribution in [1.29, 1.82) is 0 Å². The fourth-order valence-corrected chi connectivity index (χ4v) is 2.30. The first-order valence-electron chi connectivity index (χ1n) is 7.45. The second-order valence-electron chi connectivity index (χ2n) is 5.76. The minimum atomic E-state index is 0.000594. The maximum atomic E-state index is 11.7. The molecule has 1 aliphatic carbocycles. The zero-order valence-electron chi connectivity index (χ0n) is 12.4. The van der Waals surface area contributed by atoms with Gasteiger partial charge in [-0.1, -0.05) is 32.1 Å². The fraction of sp³-hybridized carbons (Fsp3) is 0.471. The number of carbonyl (C=O) groups is 1. The van der Waals surface area contributed by atoms with Crippen LogP contribution in [0.15, 0.2) is 36.4 Å². The Balaban J connectivity index is 1.88. The molecule has 20 heavy (non-hydrogen) atoms. The van der Waals surface area contributed by atoms with Gasteiger partial charge in [0.15, 0.2) is 0 Å². The van der Waals surface area contributed by atoms with Crippen molar-refractivity contribution in [3.05, 3.63) is 36.4 Å². The molecule has 1 atom stereocenters. The molecule has 1 aromatic carbocycles. The van der Waals surface area contributed by atoms with Crippen LogP contribution in [0.4, 0.5) is 11.4 Å². The number of amides is 1. The fourth-order valence-electron chi connectivity index (χ4n) is 2.30. The molecule has 2 rings (SSSR count). The van der Waals surface area contributed by atoms with Gasteiger partial charge < -0.3 is 10.6 Å². The van der Waals surface area contributed by atoms with Gasteiger partial charge in [0.1, 0.15) is 0 Å². The predicted molar refractivity (Wildman–Crippen MR) is 84.9 cm³/mol. The van der Waals surface area contributed by atoms with Crippen molar-refractivity contribution < 1.29 is 4.79 Å². The van der Waals surface area contributed by atoms with Crippen LogP contribution in [-0.2, 0) is 4.79 Å². The molecule has 0 heterocycles. The molecule has 108 valence electrons. The normalized spacial score (nSPS) is 18.1. The first-order valence-corrected chi connectivity index (χ1v) is 7.45. The first kappa shape index (κ1) is 14.6. The van der Waals surface area contributed by atoms with Crippen LogP contribution in [0.5, 0.6) is 0 Å². The van der Waals surface area contributed by atoms with E-state index in [1.807, 2.05) is 38.1 Å². The lowest BCUT2D eigenvalue weighted by Crippen LogP contribution is -2.18. The van der Waals surface area contributed by atoms with Crippen LogP contribution in [-0.4, -0.2) is 12.5 Å². The molecule has 1 amide bonds. The molecular weight excluding hydrogens is 248 g/mol. The van der Waals surface area contributed by atoms with Gasteiger partial charge in [0.25, 0.3) is 0 Å². The van der Waals surface area contributed by atoms with E-state index in [2.05, 4.69) is 22.8 Å². The van der Waals surface area contributed by atoms with Crippen molar-refractivity contribution in [3.8, 4) is 0 Å². The molecule has 1 aliphatic rings. The molecule has 0 fully saturated rings. The van der Waals surface area contributed by atoms with Crippen molar-refractivity contribution >= 4 is 17.3 Å². The van der Waals surface area contributed by atoms with Crippen LogP contribution in [0.25, 0.3) is 0 Å². The Kier molecular flexibility index (Phi) is 5.22. The van der Waals surface area contributed by atoms with Crippen molar-refractivity contribution in [2.24, 2.45) is 11.8 Å². The SMILES string of the molecule is CC(C)C(=O)Nc1cccc(NCC2CC=CCC2)c1. The molecule has 0 saturated carbocycles. The highest BCUT2D eigenvalue weighted by atomic mass is 16.1. The summed E-state index contributed by atoms with van der Waals surface area (Å²) in [5.74, 6) is 0.772. The van der Waals surface area contributed by atoms with Crippen LogP contribution in [0, 0.1) is 11.8 Å². The standard InChI is InChI=1S/C17H24N2O/c1-13(2)17(20)19-16-10-6-9-15(11-16)18-12-14-7-4-3-5-8-14/h3-4,6,9-11,13-14,18H,5,7-8,12H2,1-2H3,(H,19,20). The second-order valence-corrected chi connectivity index (χ2v) is 5.76. The highest BCUT2D eigenvalue weighted by Crippen LogP contribution is 2.20. The Morgan fingerprint density at radius 3 is 2.80 bits per heavy atom. The molecule has 2 N–H and O–H groups in total. The summed E-state index contributed by atoms with van der Waals surface area (Å²) >= 11 is 0. The Morgan fingerprint density at radius 1 is 1.30 bits per heavy atom. The summed E-state index contributed by atoms with van der Waals surface area (Å²) in [6.45, 7) is 4.79. The van der Waals surface area contributed by atoms with Gasteiger partial charge >= 0.3 is 0 Å². The van der Waals surface area contributed by atoms with E-state index < -0.39 is 0 Å². The van der Waals surface area contributed by atoms with Gasteiger partial charge in [0.05, 0.1) is 0 Å². The Hall–Kier alpha value is -1.77. The van der Waals surface area contributed by atoms with E-state index in [-0.39, 0.29) is 11.8 Å². The molecule has 1 unspecified atom stereocenters. The molecule has 3 nitrogen and oxygen atoms in total. The highest BCUT2D eigenvalue weighted by Gasteiger charge is 2.10. The number of carbonyl (C=O) groups excluding carboxylic acids is 1. The summed E-state index contributed by atoms with van der Waals surface area (Å²) in [5.41, 5.74) is 1.93. The third-order valence-corrected chi connectivity index (χ3v) is 3.63. The van der Waals surface area contributed by atoms with Crippen LogP contribution in [0.2, 0.25) is 0 Å². The van der Waals surface area contributed by atoms with Gasteiger partial charge in [-0.25, -0.2) is 0 Å². The van der Waals surface area contributed by atoms with E-state index in [1.165, 1.54) is 12.8 Å². The zero-order valence-corrected chi connectivity index (χ0v) is 12.4. The number of hydrogen-bond acceptors (Lipinski definition) is 2. The Bertz CT molecular complexity index is 480. The van der Waals surface area contributed by atoms with E-state index in [9.17, 15) is 4.79 Å². The number of benzene rings is 1. The molecule has 0 spiro atoms. The van der Waals surface area contributed by atoms with Crippen molar-refractivity contribution in [3.63, 3.8) is 0 Å². The molecule has 0 radical (unpaired) electrons. The van der Waals surface area contributed by atoms with Gasteiger partial charge in [0.2, 0.25) is 5.91 Å². The topological polar surface area (TPSA) is 41.1 Å². The van der Waals surface area contributed by atoms with Crippen molar-refractivity contribution in [1.82, 2.24) is 0 Å². The third-order valence-electron chi connectivity index (χ3n) is 3.63. The lowest BCUT2D eigenvalue weighted by Gasteiger charge is -2.19. The molecule has 0 saturated heterocycles. The number of anilines is 2. The Morgan fingerprint density at radius 2 is 2.10 bits per heavy atom. The smallest absolute Gasteiger partial charge is 0.226 e. The number of nitrogens with one attached hydrogen (secondary N) is 2. The van der Waals surface area contributed by atoms with Crippen molar-refractivity contribution in [2.75, 3.05) is 17.2 Å². The minimum Gasteiger partial charge on any atom is -0.385 e. The predicted octanol–water partition coefficient (Wildman–Crippen LogP) is 4.05. The monoisotopic (exact) mass is 272 g/mol. The largest absolute Gasteiger partial charge is 0.385 e. The summed E-state index contributed by atoms with van der Waals surface area (Å²) in [7, 11) is 0. The van der Waals surface area contributed by atoms with Crippen molar-refractivity contribution in [2.45, 2.75) is 33.1 Å². The van der Waals surface area contributed by atoms with Crippen LogP contribution in [0.3, 0.4) is 0 Å². The van der Waals surface area contributed by atoms with E-state index in [0.29, 0.717) is 5.92 Å². The quantitative estimate of drug-likeness (QED) is 0.794. The summed E-state index contributed by atoms with van der Waals surface area (Å²) in [5, 5.41) is 6.40. The molecule has 0 bridgehead atoms. The summed E-state index contributed by atoms with van der Waals surface area (Å²) in [4.78, 5) is 11.7. The van der Waals surface area contributed by atoms with E-state index in [4.69, 9.17) is 0 Å². The molecule has 3 heteroatoms. The number of allylic oxidation sites excluding steroid dienone is 2. The zero-order chi connectivity index (χ0) is 14.4. The maximum Gasteiger partial charge on any atom is 0.226 e. The van der Waals surface area contributed by atoms with Gasteiger partial charge in [-0.2, -0.15) is 0 Å². The summed E-state index contributed by atoms with van der Waals surface area (Å²) in [6, 6.07) is 7.94. The number of rotatable bonds is 5. The molecule has 0 aliphatic heterocycles. The van der Waals surface area contributed by atoms with Crippen LogP contribution < -0.4 is 10.6 Å². The average molecular weight is 272 g/mol. The van der Waals surface area contributed by atoms with Crippen LogP contribution in [0.1, 0.15) is 33.1 Å². The van der Waals surface area contributed by atoms with E-state index in [1.54, 1.807) is 0 Å². The first-order chi connectivity index (χ1) is 9.65. The van der Waals surface area contributed by atoms with Gasteiger partial charge in [-0.15, -0.1) is 0 Å². The van der Waals surface area contributed by atoms with E-state index >= 15 is 0 Å². The van der Waals surface area contributed by atoms with Gasteiger partial charge in [-0.05, 0) is 43.4 Å². The minimum absolute atomic E-state index is 0.000594. The lowest BCUT2D eigenvalue weighted by molar-refractivity contribution is -0.118. The van der Waals surface area contributed by atoms with Crippen LogP contribution >= 0.6 is 0 Å². The molecular formula is C17H24N2O. The molecule has 1 aromatic rings. The summed E-state index contributed by atoms with van der Waals surface area (Å²) in [6.07, 6.45) is 8.15.